The summed E-state index contributed by atoms with van der Waals surface area (Å²) in [6.45, 7) is 10.0. The van der Waals surface area contributed by atoms with Crippen LogP contribution < -0.4 is 14.2 Å². The van der Waals surface area contributed by atoms with Crippen molar-refractivity contribution in [3.63, 3.8) is 0 Å². The van der Waals surface area contributed by atoms with Gasteiger partial charge in [0.15, 0.2) is 11.5 Å². The highest BCUT2D eigenvalue weighted by Crippen LogP contribution is 2.42. The van der Waals surface area contributed by atoms with E-state index in [2.05, 4.69) is 13.8 Å². The van der Waals surface area contributed by atoms with Crippen LogP contribution in [0.3, 0.4) is 0 Å². The number of aliphatic hydroxyl groups excluding tert-OH is 1. The molecule has 1 amide bonds. The third-order valence-corrected chi connectivity index (χ3v) is 6.38. The van der Waals surface area contributed by atoms with Crippen LogP contribution >= 0.6 is 0 Å². The van der Waals surface area contributed by atoms with Gasteiger partial charge in [-0.1, -0.05) is 19.9 Å². The Kier molecular flexibility index (Phi) is 9.80. The van der Waals surface area contributed by atoms with Gasteiger partial charge in [-0.15, -0.1) is 0 Å². The predicted octanol–water partition coefficient (Wildman–Crippen LogP) is 4.81. The van der Waals surface area contributed by atoms with E-state index in [4.69, 9.17) is 14.2 Å². The summed E-state index contributed by atoms with van der Waals surface area (Å²) < 4.78 is 17.0. The summed E-state index contributed by atoms with van der Waals surface area (Å²) in [7, 11) is 5.46. The van der Waals surface area contributed by atoms with E-state index in [1.807, 2.05) is 45.0 Å². The van der Waals surface area contributed by atoms with Gasteiger partial charge in [0, 0.05) is 12.1 Å². The molecule has 0 radical (unpaired) electrons. The first-order valence-electron chi connectivity index (χ1n) is 13.1. The first kappa shape index (κ1) is 29.0. The standard InChI is InChI=1S/C30H40N2O6/c1-8-37-24-13-10-21(17-25(24)36-7)27-26(29(34)30(35)32(27)15-9-14-31(5)6)28(33)23-12-11-22(16-20(23)4)38-18-19(2)3/h10-13,16-17,19,27,33H,8-9,14-15,18H2,1-7H3/t27-/m0/s1. The molecule has 0 aliphatic carbocycles. The molecule has 0 spiro atoms. The number of aryl methyl sites for hydroxylation is 1. The monoisotopic (exact) mass is 524 g/mol. The maximum Gasteiger partial charge on any atom is 0.295 e. The van der Waals surface area contributed by atoms with Crippen molar-refractivity contribution in [2.45, 2.75) is 40.2 Å². The zero-order chi connectivity index (χ0) is 28.0. The Morgan fingerprint density at radius 1 is 1.08 bits per heavy atom. The average molecular weight is 525 g/mol. The number of ether oxygens (including phenoxy) is 3. The third-order valence-electron chi connectivity index (χ3n) is 6.38. The molecule has 1 aliphatic rings. The smallest absolute Gasteiger partial charge is 0.295 e. The van der Waals surface area contributed by atoms with Crippen molar-refractivity contribution in [3.8, 4) is 17.2 Å². The van der Waals surface area contributed by atoms with Crippen LogP contribution in [0.1, 0.15) is 49.9 Å². The van der Waals surface area contributed by atoms with E-state index in [0.717, 1.165) is 12.1 Å². The molecule has 2 aromatic carbocycles. The number of hydrogen-bond donors (Lipinski definition) is 1. The van der Waals surface area contributed by atoms with E-state index in [9.17, 15) is 14.7 Å². The van der Waals surface area contributed by atoms with Gasteiger partial charge >= 0.3 is 0 Å². The Bertz CT molecular complexity index is 1190. The Morgan fingerprint density at radius 2 is 1.82 bits per heavy atom. The number of aliphatic hydroxyl groups is 1. The molecule has 3 rings (SSSR count). The Hall–Kier alpha value is -3.52. The minimum Gasteiger partial charge on any atom is -0.507 e. The summed E-state index contributed by atoms with van der Waals surface area (Å²) in [4.78, 5) is 30.2. The summed E-state index contributed by atoms with van der Waals surface area (Å²) >= 11 is 0. The van der Waals surface area contributed by atoms with Crippen molar-refractivity contribution in [1.29, 1.82) is 0 Å². The van der Waals surface area contributed by atoms with E-state index in [-0.39, 0.29) is 11.3 Å². The number of benzene rings is 2. The van der Waals surface area contributed by atoms with Crippen LogP contribution in [0.5, 0.6) is 17.2 Å². The normalized spacial score (nSPS) is 17.0. The molecule has 8 heteroatoms. The molecule has 1 atom stereocenters. The number of methoxy groups -OCH3 is 1. The lowest BCUT2D eigenvalue weighted by Crippen LogP contribution is -2.32. The molecule has 206 valence electrons. The molecule has 8 nitrogen and oxygen atoms in total. The molecule has 2 aromatic rings. The molecule has 1 saturated heterocycles. The molecule has 0 bridgehead atoms. The van der Waals surface area contributed by atoms with E-state index < -0.39 is 17.7 Å². The van der Waals surface area contributed by atoms with Crippen molar-refractivity contribution in [1.82, 2.24) is 9.80 Å². The number of nitrogens with zero attached hydrogens (tertiary/aromatic N) is 2. The largest absolute Gasteiger partial charge is 0.507 e. The van der Waals surface area contributed by atoms with Crippen LogP contribution in [0, 0.1) is 12.8 Å². The number of rotatable bonds is 12. The molecule has 1 fully saturated rings. The van der Waals surface area contributed by atoms with Crippen LogP contribution in [-0.2, 0) is 9.59 Å². The highest BCUT2D eigenvalue weighted by atomic mass is 16.5. The molecule has 1 N–H and O–H groups in total. The molecule has 0 saturated carbocycles. The number of Topliss-reactive ketones (excluding diaryl/α,β-unsaturated/α-hetero) is 1. The van der Waals surface area contributed by atoms with Gasteiger partial charge < -0.3 is 29.1 Å². The van der Waals surface area contributed by atoms with E-state index >= 15 is 0 Å². The zero-order valence-electron chi connectivity index (χ0n) is 23.5. The number of likely N-dealkylation sites (tertiary alicyclic amines) is 1. The van der Waals surface area contributed by atoms with Gasteiger partial charge in [-0.3, -0.25) is 9.59 Å². The van der Waals surface area contributed by atoms with Crippen molar-refractivity contribution >= 4 is 17.4 Å². The number of amides is 1. The molecular formula is C30H40N2O6. The fourth-order valence-electron chi connectivity index (χ4n) is 4.54. The van der Waals surface area contributed by atoms with Crippen LogP contribution in [0.15, 0.2) is 42.0 Å². The lowest BCUT2D eigenvalue weighted by atomic mass is 9.93. The van der Waals surface area contributed by atoms with Crippen LogP contribution in [-0.4, -0.2) is 74.1 Å². The van der Waals surface area contributed by atoms with Crippen LogP contribution in [0.4, 0.5) is 0 Å². The molecular weight excluding hydrogens is 484 g/mol. The van der Waals surface area contributed by atoms with Gasteiger partial charge in [-0.2, -0.15) is 0 Å². The van der Waals surface area contributed by atoms with Gasteiger partial charge in [0.05, 0.1) is 31.9 Å². The fourth-order valence-corrected chi connectivity index (χ4v) is 4.54. The quantitative estimate of drug-likeness (QED) is 0.242. The number of carbonyl (C=O) groups excluding carboxylic acids is 2. The lowest BCUT2D eigenvalue weighted by Gasteiger charge is -2.26. The highest BCUT2D eigenvalue weighted by molar-refractivity contribution is 6.46. The fraction of sp³-hybridized carbons (Fsp3) is 0.467. The molecule has 38 heavy (non-hydrogen) atoms. The van der Waals surface area contributed by atoms with Gasteiger partial charge in [0.1, 0.15) is 11.5 Å². The SMILES string of the molecule is CCOc1ccc([C@H]2C(=C(O)c3ccc(OCC(C)C)cc3C)C(=O)C(=O)N2CCCN(C)C)cc1OC. The number of carbonyl (C=O) groups is 2. The van der Waals surface area contributed by atoms with Gasteiger partial charge in [-0.05, 0) is 88.3 Å². The molecule has 0 aromatic heterocycles. The maximum absolute atomic E-state index is 13.4. The highest BCUT2D eigenvalue weighted by Gasteiger charge is 2.46. The van der Waals surface area contributed by atoms with Gasteiger partial charge in [-0.25, -0.2) is 0 Å². The zero-order valence-corrected chi connectivity index (χ0v) is 23.5. The topological polar surface area (TPSA) is 88.5 Å². The summed E-state index contributed by atoms with van der Waals surface area (Å²) in [6.07, 6.45) is 0.672. The summed E-state index contributed by atoms with van der Waals surface area (Å²) in [5.74, 6) is 0.580. The van der Waals surface area contributed by atoms with Crippen LogP contribution in [0.2, 0.25) is 0 Å². The first-order valence-corrected chi connectivity index (χ1v) is 13.1. The summed E-state index contributed by atoms with van der Waals surface area (Å²) in [5.41, 5.74) is 1.94. The van der Waals surface area contributed by atoms with Gasteiger partial charge in [0.25, 0.3) is 11.7 Å². The van der Waals surface area contributed by atoms with Crippen molar-refractivity contribution in [3.05, 3.63) is 58.7 Å². The molecule has 0 unspecified atom stereocenters. The maximum atomic E-state index is 13.4. The minimum absolute atomic E-state index is 0.0602. The Morgan fingerprint density at radius 3 is 2.42 bits per heavy atom. The molecule has 1 heterocycles. The summed E-state index contributed by atoms with van der Waals surface area (Å²) in [5, 5.41) is 11.5. The Balaban J connectivity index is 2.11. The first-order chi connectivity index (χ1) is 18.1. The van der Waals surface area contributed by atoms with Gasteiger partial charge in [0.2, 0.25) is 0 Å². The summed E-state index contributed by atoms with van der Waals surface area (Å²) in [6, 6.07) is 9.92. The Labute approximate surface area is 225 Å². The lowest BCUT2D eigenvalue weighted by molar-refractivity contribution is -0.139. The average Bonchev–Trinajstić information content (AvgIpc) is 3.12. The van der Waals surface area contributed by atoms with E-state index in [0.29, 0.717) is 60.5 Å². The second kappa shape index (κ2) is 12.8. The van der Waals surface area contributed by atoms with Crippen molar-refractivity contribution < 1.29 is 28.9 Å². The second-order valence-corrected chi connectivity index (χ2v) is 10.2. The van der Waals surface area contributed by atoms with E-state index in [1.54, 1.807) is 36.3 Å². The minimum atomic E-state index is -0.766. The van der Waals surface area contributed by atoms with Crippen LogP contribution in [0.25, 0.3) is 5.76 Å². The van der Waals surface area contributed by atoms with Crippen molar-refractivity contribution in [2.75, 3.05) is 47.5 Å². The second-order valence-electron chi connectivity index (χ2n) is 10.2. The molecule has 1 aliphatic heterocycles. The van der Waals surface area contributed by atoms with Crippen molar-refractivity contribution in [2.24, 2.45) is 5.92 Å². The third kappa shape index (κ3) is 6.48. The predicted molar refractivity (Wildman–Crippen MR) is 148 cm³/mol. The number of ketones is 1. The van der Waals surface area contributed by atoms with E-state index in [1.165, 1.54) is 0 Å². The number of hydrogen-bond acceptors (Lipinski definition) is 7.